The Morgan fingerprint density at radius 1 is 1.17 bits per heavy atom. The van der Waals surface area contributed by atoms with Crippen LogP contribution in [0.4, 0.5) is 0 Å². The monoisotopic (exact) mass is 333 g/mol. The molecule has 2 aliphatic heterocycles. The molecule has 24 heavy (non-hydrogen) atoms. The van der Waals surface area contributed by atoms with Crippen LogP contribution in [0.5, 0.6) is 5.75 Å². The molecule has 3 rings (SSSR count). The SMILES string of the molecule is COc1ccc(C[C@H]2COCCN(C(=O)C3CCOCC3)C2)cc1. The third kappa shape index (κ3) is 4.48. The zero-order valence-electron chi connectivity index (χ0n) is 14.4. The van der Waals surface area contributed by atoms with E-state index in [1.54, 1.807) is 7.11 Å². The molecular weight excluding hydrogens is 306 g/mol. The highest BCUT2D eigenvalue weighted by Gasteiger charge is 2.29. The Labute approximate surface area is 143 Å². The van der Waals surface area contributed by atoms with Gasteiger partial charge in [-0.25, -0.2) is 0 Å². The molecule has 1 aromatic carbocycles. The molecule has 1 aromatic rings. The third-order valence-electron chi connectivity index (χ3n) is 4.90. The predicted octanol–water partition coefficient (Wildman–Crippen LogP) is 2.14. The Hall–Kier alpha value is -1.59. The van der Waals surface area contributed by atoms with Crippen molar-refractivity contribution in [2.24, 2.45) is 11.8 Å². The lowest BCUT2D eigenvalue weighted by atomic mass is 9.96. The molecule has 2 heterocycles. The van der Waals surface area contributed by atoms with E-state index in [4.69, 9.17) is 14.2 Å². The van der Waals surface area contributed by atoms with Crippen molar-refractivity contribution >= 4 is 5.91 Å². The van der Waals surface area contributed by atoms with Crippen LogP contribution in [0.2, 0.25) is 0 Å². The number of methoxy groups -OCH3 is 1. The average Bonchev–Trinajstić information content (AvgIpc) is 2.88. The Morgan fingerprint density at radius 2 is 1.92 bits per heavy atom. The lowest BCUT2D eigenvalue weighted by Crippen LogP contribution is -2.41. The van der Waals surface area contributed by atoms with E-state index in [-0.39, 0.29) is 11.8 Å². The smallest absolute Gasteiger partial charge is 0.225 e. The van der Waals surface area contributed by atoms with Gasteiger partial charge in [0.2, 0.25) is 5.91 Å². The second kappa shape index (κ2) is 8.49. The van der Waals surface area contributed by atoms with Crippen LogP contribution in [0.1, 0.15) is 18.4 Å². The maximum absolute atomic E-state index is 12.8. The van der Waals surface area contributed by atoms with Crippen LogP contribution in [-0.2, 0) is 20.7 Å². The van der Waals surface area contributed by atoms with Gasteiger partial charge in [-0.1, -0.05) is 12.1 Å². The van der Waals surface area contributed by atoms with Gasteiger partial charge in [-0.05, 0) is 37.0 Å². The van der Waals surface area contributed by atoms with E-state index in [1.807, 2.05) is 17.0 Å². The molecule has 0 N–H and O–H groups in total. The molecule has 0 aromatic heterocycles. The fourth-order valence-electron chi connectivity index (χ4n) is 3.50. The van der Waals surface area contributed by atoms with Crippen molar-refractivity contribution in [2.45, 2.75) is 19.3 Å². The highest BCUT2D eigenvalue weighted by molar-refractivity contribution is 5.79. The number of amides is 1. The van der Waals surface area contributed by atoms with Crippen molar-refractivity contribution < 1.29 is 19.0 Å². The van der Waals surface area contributed by atoms with Crippen LogP contribution in [0.3, 0.4) is 0 Å². The topological polar surface area (TPSA) is 48.0 Å². The van der Waals surface area contributed by atoms with E-state index in [1.165, 1.54) is 5.56 Å². The maximum atomic E-state index is 12.8. The summed E-state index contributed by atoms with van der Waals surface area (Å²) in [5, 5.41) is 0. The van der Waals surface area contributed by atoms with Crippen LogP contribution >= 0.6 is 0 Å². The number of hydrogen-bond acceptors (Lipinski definition) is 4. The molecule has 132 valence electrons. The molecule has 0 aliphatic carbocycles. The van der Waals surface area contributed by atoms with Crippen LogP contribution in [0, 0.1) is 11.8 Å². The number of nitrogens with zero attached hydrogens (tertiary/aromatic N) is 1. The zero-order chi connectivity index (χ0) is 16.8. The number of benzene rings is 1. The first kappa shape index (κ1) is 17.2. The van der Waals surface area contributed by atoms with Gasteiger partial charge in [0.1, 0.15) is 5.75 Å². The number of ether oxygens (including phenoxy) is 3. The summed E-state index contributed by atoms with van der Waals surface area (Å²) in [7, 11) is 1.67. The number of carbonyl (C=O) groups excluding carboxylic acids is 1. The molecule has 0 unspecified atom stereocenters. The summed E-state index contributed by atoms with van der Waals surface area (Å²) in [4.78, 5) is 14.8. The molecule has 0 radical (unpaired) electrons. The minimum absolute atomic E-state index is 0.124. The van der Waals surface area contributed by atoms with E-state index in [9.17, 15) is 4.79 Å². The molecule has 1 amide bonds. The summed E-state index contributed by atoms with van der Waals surface area (Å²) in [6.45, 7) is 4.24. The van der Waals surface area contributed by atoms with Crippen LogP contribution in [-0.4, -0.2) is 57.4 Å². The lowest BCUT2D eigenvalue weighted by Gasteiger charge is -2.29. The van der Waals surface area contributed by atoms with Gasteiger partial charge >= 0.3 is 0 Å². The summed E-state index contributed by atoms with van der Waals surface area (Å²) < 4.78 is 16.3. The first-order valence-electron chi connectivity index (χ1n) is 8.83. The largest absolute Gasteiger partial charge is 0.497 e. The molecule has 5 nitrogen and oxygen atoms in total. The van der Waals surface area contributed by atoms with E-state index in [0.717, 1.165) is 31.6 Å². The second-order valence-corrected chi connectivity index (χ2v) is 6.66. The van der Waals surface area contributed by atoms with Gasteiger partial charge < -0.3 is 19.1 Å². The molecule has 1 atom stereocenters. The minimum Gasteiger partial charge on any atom is -0.497 e. The zero-order valence-corrected chi connectivity index (χ0v) is 14.4. The van der Waals surface area contributed by atoms with Crippen LogP contribution in [0.25, 0.3) is 0 Å². The first-order chi connectivity index (χ1) is 11.8. The number of carbonyl (C=O) groups is 1. The molecule has 2 fully saturated rings. The number of hydrogen-bond donors (Lipinski definition) is 0. The number of rotatable bonds is 4. The Bertz CT molecular complexity index is 525. The summed E-state index contributed by atoms with van der Waals surface area (Å²) in [5.74, 6) is 1.61. The van der Waals surface area contributed by atoms with E-state index in [2.05, 4.69) is 12.1 Å². The summed E-state index contributed by atoms with van der Waals surface area (Å²) >= 11 is 0. The van der Waals surface area contributed by atoms with Gasteiger partial charge in [0.05, 0.1) is 20.3 Å². The summed E-state index contributed by atoms with van der Waals surface area (Å²) in [5.41, 5.74) is 1.25. The van der Waals surface area contributed by atoms with Crippen molar-refractivity contribution in [3.63, 3.8) is 0 Å². The van der Waals surface area contributed by atoms with Crippen molar-refractivity contribution in [3.8, 4) is 5.75 Å². The molecule has 0 saturated carbocycles. The fraction of sp³-hybridized carbons (Fsp3) is 0.632. The van der Waals surface area contributed by atoms with Gasteiger partial charge in [-0.3, -0.25) is 4.79 Å². The van der Waals surface area contributed by atoms with Crippen molar-refractivity contribution in [1.29, 1.82) is 0 Å². The fourth-order valence-corrected chi connectivity index (χ4v) is 3.50. The predicted molar refractivity (Wildman–Crippen MR) is 91.1 cm³/mol. The van der Waals surface area contributed by atoms with Crippen molar-refractivity contribution in [3.05, 3.63) is 29.8 Å². The molecule has 0 spiro atoms. The van der Waals surface area contributed by atoms with E-state index >= 15 is 0 Å². The standard InChI is InChI=1S/C19H27NO4/c1-22-18-4-2-15(3-5-18)12-16-13-20(8-11-24-14-16)19(21)17-6-9-23-10-7-17/h2-5,16-17H,6-14H2,1H3/t16-/m1/s1. The molecular formula is C19H27NO4. The summed E-state index contributed by atoms with van der Waals surface area (Å²) in [6.07, 6.45) is 2.61. The van der Waals surface area contributed by atoms with Crippen molar-refractivity contribution in [1.82, 2.24) is 4.90 Å². The van der Waals surface area contributed by atoms with Crippen LogP contribution in [0.15, 0.2) is 24.3 Å². The minimum atomic E-state index is 0.124. The van der Waals surface area contributed by atoms with E-state index in [0.29, 0.717) is 38.9 Å². The molecule has 2 aliphatic rings. The maximum Gasteiger partial charge on any atom is 0.225 e. The van der Waals surface area contributed by atoms with Crippen molar-refractivity contribution in [2.75, 3.05) is 46.6 Å². The van der Waals surface area contributed by atoms with E-state index < -0.39 is 0 Å². The Morgan fingerprint density at radius 3 is 2.62 bits per heavy atom. The van der Waals surface area contributed by atoms with Gasteiger partial charge in [0, 0.05) is 38.1 Å². The molecule has 0 bridgehead atoms. The van der Waals surface area contributed by atoms with Gasteiger partial charge in [-0.2, -0.15) is 0 Å². The molecule has 5 heteroatoms. The van der Waals surface area contributed by atoms with Gasteiger partial charge in [0.25, 0.3) is 0 Å². The quantitative estimate of drug-likeness (QED) is 0.847. The average molecular weight is 333 g/mol. The second-order valence-electron chi connectivity index (χ2n) is 6.66. The Kier molecular flexibility index (Phi) is 6.10. The lowest BCUT2D eigenvalue weighted by molar-refractivity contribution is -0.138. The van der Waals surface area contributed by atoms with Gasteiger partial charge in [0.15, 0.2) is 0 Å². The van der Waals surface area contributed by atoms with Crippen LogP contribution < -0.4 is 4.74 Å². The highest BCUT2D eigenvalue weighted by Crippen LogP contribution is 2.21. The highest BCUT2D eigenvalue weighted by atomic mass is 16.5. The third-order valence-corrected chi connectivity index (χ3v) is 4.90. The van der Waals surface area contributed by atoms with Gasteiger partial charge in [-0.15, -0.1) is 0 Å². The molecule has 2 saturated heterocycles. The summed E-state index contributed by atoms with van der Waals surface area (Å²) in [6, 6.07) is 8.15. The normalized spacial score (nSPS) is 22.9. The Balaban J connectivity index is 1.60. The first-order valence-corrected chi connectivity index (χ1v) is 8.83.